The number of rotatable bonds is 11. The van der Waals surface area contributed by atoms with Crippen molar-refractivity contribution >= 4 is 65.8 Å². The van der Waals surface area contributed by atoms with Gasteiger partial charge in [-0.05, 0) is 156 Å². The van der Waals surface area contributed by atoms with E-state index in [1.807, 2.05) is 218 Å². The zero-order valence-electron chi connectivity index (χ0n) is 73.3. The smallest absolute Gasteiger partial charge is 0.164 e. The van der Waals surface area contributed by atoms with Gasteiger partial charge in [-0.2, -0.15) is 0 Å². The lowest BCUT2D eigenvalue weighted by Crippen LogP contribution is -2.15. The number of para-hydroxylation sites is 3. The van der Waals surface area contributed by atoms with Gasteiger partial charge in [0.1, 0.15) is 33.5 Å². The van der Waals surface area contributed by atoms with Gasteiger partial charge in [-0.1, -0.05) is 369 Å². The topological polar surface area (TPSA) is 155 Å². The van der Waals surface area contributed by atoms with Gasteiger partial charge >= 0.3 is 0 Å². The summed E-state index contributed by atoms with van der Waals surface area (Å²) in [6.45, 7) is 13.9. The fourth-order valence-corrected chi connectivity index (χ4v) is 20.0. The Bertz CT molecular complexity index is 8350. The molecule has 23 aromatic rings. The first-order chi connectivity index (χ1) is 64.6. The number of benzene rings is 17. The summed E-state index contributed by atoms with van der Waals surface area (Å²) in [5, 5.41) is 6.96. The maximum atomic E-state index is 6.36. The third-order valence-corrected chi connectivity index (χ3v) is 26.8. The molecular formula is C120H83N9O3. The number of aromatic nitrogens is 9. The number of hydrogen-bond donors (Lipinski definition) is 0. The molecule has 3 aliphatic rings. The lowest BCUT2D eigenvalue weighted by Gasteiger charge is -2.22. The van der Waals surface area contributed by atoms with Crippen LogP contribution in [0.15, 0.2) is 408 Å². The molecule has 0 aliphatic heterocycles. The van der Waals surface area contributed by atoms with Crippen LogP contribution in [0.1, 0.15) is 74.9 Å². The number of hydrogen-bond acceptors (Lipinski definition) is 12. The summed E-state index contributed by atoms with van der Waals surface area (Å²) in [4.78, 5) is 44.3. The van der Waals surface area contributed by atoms with Crippen LogP contribution in [0.25, 0.3) is 224 Å². The Hall–Kier alpha value is -16.8. The predicted octanol–water partition coefficient (Wildman–Crippen LogP) is 30.6. The van der Waals surface area contributed by atoms with Crippen LogP contribution < -0.4 is 0 Å². The molecule has 12 heteroatoms. The van der Waals surface area contributed by atoms with Crippen molar-refractivity contribution in [1.29, 1.82) is 0 Å². The monoisotopic (exact) mass is 1700 g/mol. The SMILES string of the molecule is CC1(C)c2cc(-c3nc(-c4ccccc4)nc(-c4ccccc4)n3)ccc2-c2cc3oc4ccccc4c3cc21.CC1(C)c2cc3c(cc2-c2c(-c4ccc(-c5nc(-c6ccccc6)nc(-c6ccccc6)n5)cc4)cccc21)oc1ccccc13.CC1(C)c2cc3c(cc2-c2c(-c4cccc(-c5nc(-c6ccccc6)nc(-c6ccccc6)n5)c4)cccc21)oc1ccccc13. The van der Waals surface area contributed by atoms with E-state index in [9.17, 15) is 0 Å². The van der Waals surface area contributed by atoms with E-state index in [0.29, 0.717) is 52.4 Å². The molecule has 0 atom stereocenters. The van der Waals surface area contributed by atoms with Gasteiger partial charge in [-0.3, -0.25) is 0 Å². The van der Waals surface area contributed by atoms with Gasteiger partial charge in [-0.15, -0.1) is 0 Å². The van der Waals surface area contributed by atoms with Gasteiger partial charge in [0.15, 0.2) is 52.4 Å². The maximum absolute atomic E-state index is 6.36. The third kappa shape index (κ3) is 13.5. The van der Waals surface area contributed by atoms with Crippen LogP contribution in [0.3, 0.4) is 0 Å². The second-order valence-electron chi connectivity index (χ2n) is 35.8. The van der Waals surface area contributed by atoms with E-state index in [0.717, 1.165) is 122 Å². The number of furan rings is 3. The molecule has 6 aromatic heterocycles. The van der Waals surface area contributed by atoms with Gasteiger partial charge in [0.05, 0.1) is 0 Å². The molecule has 0 bridgehead atoms. The highest BCUT2D eigenvalue weighted by molar-refractivity contribution is 6.11. The Morgan fingerprint density at radius 2 is 0.402 bits per heavy atom. The normalized spacial score (nSPS) is 13.3. The molecule has 12 nitrogen and oxygen atoms in total. The molecule has 0 radical (unpaired) electrons. The summed E-state index contributed by atoms with van der Waals surface area (Å²) in [7, 11) is 0. The van der Waals surface area contributed by atoms with Crippen LogP contribution >= 0.6 is 0 Å². The molecule has 17 aromatic carbocycles. The zero-order valence-corrected chi connectivity index (χ0v) is 73.3. The van der Waals surface area contributed by atoms with Crippen molar-refractivity contribution in [2.24, 2.45) is 0 Å². The molecule has 3 aliphatic carbocycles. The maximum Gasteiger partial charge on any atom is 0.164 e. The summed E-state index contributed by atoms with van der Waals surface area (Å²) in [6.07, 6.45) is 0. The van der Waals surface area contributed by atoms with E-state index >= 15 is 0 Å². The van der Waals surface area contributed by atoms with Gasteiger partial charge in [-0.25, -0.2) is 44.9 Å². The summed E-state index contributed by atoms with van der Waals surface area (Å²) in [6, 6.07) is 136. The largest absolute Gasteiger partial charge is 0.456 e. The van der Waals surface area contributed by atoms with Crippen molar-refractivity contribution < 1.29 is 13.3 Å². The first-order valence-electron chi connectivity index (χ1n) is 44.8. The molecular weight excluding hydrogens is 1620 g/mol. The highest BCUT2D eigenvalue weighted by Crippen LogP contribution is 2.57. The Morgan fingerprint density at radius 3 is 0.765 bits per heavy atom. The van der Waals surface area contributed by atoms with Gasteiger partial charge in [0, 0.05) is 98.6 Å². The van der Waals surface area contributed by atoms with Crippen molar-refractivity contribution in [1.82, 2.24) is 44.9 Å². The average Bonchev–Trinajstić information content (AvgIpc) is 1.55. The first-order valence-corrected chi connectivity index (χ1v) is 44.8. The van der Waals surface area contributed by atoms with E-state index in [1.54, 1.807) is 0 Å². The molecule has 26 rings (SSSR count). The fourth-order valence-electron chi connectivity index (χ4n) is 20.0. The van der Waals surface area contributed by atoms with Crippen molar-refractivity contribution in [3.63, 3.8) is 0 Å². The second-order valence-corrected chi connectivity index (χ2v) is 35.8. The zero-order chi connectivity index (χ0) is 88.5. The minimum Gasteiger partial charge on any atom is -0.456 e. The minimum absolute atomic E-state index is 0.139. The molecule has 132 heavy (non-hydrogen) atoms. The summed E-state index contributed by atoms with van der Waals surface area (Å²) in [5.74, 6) is 5.92. The molecule has 0 N–H and O–H groups in total. The van der Waals surface area contributed by atoms with Crippen LogP contribution in [0.5, 0.6) is 0 Å². The van der Waals surface area contributed by atoms with Crippen LogP contribution in [0, 0.1) is 0 Å². The summed E-state index contributed by atoms with van der Waals surface area (Å²) in [5.41, 5.74) is 33.6. The lowest BCUT2D eigenvalue weighted by molar-refractivity contribution is 0.657. The summed E-state index contributed by atoms with van der Waals surface area (Å²) >= 11 is 0. The molecule has 0 amide bonds. The van der Waals surface area contributed by atoms with Crippen molar-refractivity contribution in [3.05, 3.63) is 428 Å². The van der Waals surface area contributed by atoms with Crippen molar-refractivity contribution in [2.75, 3.05) is 0 Å². The Labute approximate surface area is 762 Å². The molecule has 0 unspecified atom stereocenters. The molecule has 0 fully saturated rings. The van der Waals surface area contributed by atoms with Crippen LogP contribution in [-0.4, -0.2) is 44.9 Å². The van der Waals surface area contributed by atoms with Gasteiger partial charge in [0.25, 0.3) is 0 Å². The van der Waals surface area contributed by atoms with E-state index < -0.39 is 0 Å². The fraction of sp³-hybridized carbons (Fsp3) is 0.0750. The van der Waals surface area contributed by atoms with Gasteiger partial charge < -0.3 is 13.3 Å². The summed E-state index contributed by atoms with van der Waals surface area (Å²) < 4.78 is 18.9. The van der Waals surface area contributed by atoms with Crippen LogP contribution in [0.4, 0.5) is 0 Å². The third-order valence-electron chi connectivity index (χ3n) is 26.8. The lowest BCUT2D eigenvalue weighted by atomic mass is 9.81. The van der Waals surface area contributed by atoms with E-state index in [-0.39, 0.29) is 16.2 Å². The molecule has 0 spiro atoms. The van der Waals surface area contributed by atoms with Gasteiger partial charge in [0.2, 0.25) is 0 Å². The van der Waals surface area contributed by atoms with Crippen LogP contribution in [-0.2, 0) is 16.2 Å². The minimum atomic E-state index is -0.190. The Kier molecular flexibility index (Phi) is 18.6. The van der Waals surface area contributed by atoms with Crippen molar-refractivity contribution in [2.45, 2.75) is 57.8 Å². The second kappa shape index (κ2) is 31.3. The number of fused-ring (bicyclic) bond motifs is 18. The molecule has 626 valence electrons. The molecule has 0 saturated carbocycles. The van der Waals surface area contributed by atoms with E-state index in [2.05, 4.69) is 217 Å². The predicted molar refractivity (Wildman–Crippen MR) is 534 cm³/mol. The average molecular weight is 1700 g/mol. The Balaban J connectivity index is 0.000000110. The van der Waals surface area contributed by atoms with Crippen molar-refractivity contribution in [3.8, 4) is 158 Å². The standard InChI is InChI=1S/2C42H29N3O.C36H25N3O/c1-42(2)34-21-12-20-30(38(34)33-25-37-32(24-35(33)42)31-19-9-10-22-36(31)46-37)28-17-11-18-29(23-28)41-44-39(26-13-5-3-6-14-26)43-40(45-41)27-15-7-4-8-16-27;1-42(2)34-18-11-17-30(38(34)33-25-37-32(24-35(33)42)31-16-9-10-19-36(31)46-37)26-20-22-29(23-21-26)41-44-39(27-12-5-3-6-13-27)43-40(45-41)28-14-7-4-8-15-28;1-36(2)29-19-24(17-18-25(29)27-21-32-28(20-30(27)36)26-15-9-10-16-31(26)40-32)35-38-33(22-11-5-3-6-12-22)37-34(39-35)23-13-7-4-8-14-23/h2*3-25H,1-2H3;3-21H,1-2H3. The van der Waals surface area contributed by atoms with E-state index in [1.165, 1.54) is 83.3 Å². The first kappa shape index (κ1) is 78.6. The quantitative estimate of drug-likeness (QED) is 0.121. The highest BCUT2D eigenvalue weighted by atomic mass is 16.3. The molecule has 6 heterocycles. The molecule has 0 saturated heterocycles. The van der Waals surface area contributed by atoms with E-state index in [4.69, 9.17) is 58.1 Å². The van der Waals surface area contributed by atoms with Crippen LogP contribution in [0.2, 0.25) is 0 Å². The Morgan fingerprint density at radius 1 is 0.152 bits per heavy atom. The highest BCUT2D eigenvalue weighted by Gasteiger charge is 2.41. The number of nitrogens with zero attached hydrogens (tertiary/aromatic N) is 9.